The van der Waals surface area contributed by atoms with Gasteiger partial charge in [-0.05, 0) is 38.4 Å². The van der Waals surface area contributed by atoms with Crippen LogP contribution >= 0.6 is 0 Å². The molecule has 0 fully saturated rings. The van der Waals surface area contributed by atoms with Crippen LogP contribution in [0.5, 0.6) is 0 Å². The Kier molecular flexibility index (Phi) is 3.29. The average molecular weight is 230 g/mol. The summed E-state index contributed by atoms with van der Waals surface area (Å²) in [5.74, 6) is 0.698. The Balaban J connectivity index is 2.45. The Morgan fingerprint density at radius 1 is 1.18 bits per heavy atom. The summed E-state index contributed by atoms with van der Waals surface area (Å²) in [6, 6.07) is 4.30. The van der Waals surface area contributed by atoms with Crippen LogP contribution in [0.2, 0.25) is 0 Å². The highest BCUT2D eigenvalue weighted by atomic mass is 16.3. The molecule has 2 rings (SSSR count). The molecule has 0 spiro atoms. The SMILES string of the molecule is Cc1cc(C)c(-c2nc(CCN)co2)c(C)c1. The molecular weight excluding hydrogens is 212 g/mol. The third-order valence-electron chi connectivity index (χ3n) is 2.84. The molecule has 17 heavy (non-hydrogen) atoms. The molecule has 0 bridgehead atoms. The molecule has 1 aromatic heterocycles. The summed E-state index contributed by atoms with van der Waals surface area (Å²) in [5, 5.41) is 0. The summed E-state index contributed by atoms with van der Waals surface area (Å²) in [7, 11) is 0. The number of benzene rings is 1. The highest BCUT2D eigenvalue weighted by molar-refractivity contribution is 5.64. The molecule has 0 saturated carbocycles. The molecule has 3 nitrogen and oxygen atoms in total. The summed E-state index contributed by atoms with van der Waals surface area (Å²) in [6.45, 7) is 6.86. The van der Waals surface area contributed by atoms with Gasteiger partial charge in [-0.3, -0.25) is 0 Å². The Morgan fingerprint density at radius 2 is 1.82 bits per heavy atom. The topological polar surface area (TPSA) is 52.0 Å². The van der Waals surface area contributed by atoms with Crippen molar-refractivity contribution < 1.29 is 4.42 Å². The van der Waals surface area contributed by atoms with E-state index in [0.29, 0.717) is 12.4 Å². The fourth-order valence-electron chi connectivity index (χ4n) is 2.20. The van der Waals surface area contributed by atoms with E-state index in [1.54, 1.807) is 6.26 Å². The van der Waals surface area contributed by atoms with E-state index in [2.05, 4.69) is 37.9 Å². The first-order valence-corrected chi connectivity index (χ1v) is 5.84. The molecule has 90 valence electrons. The third-order valence-corrected chi connectivity index (χ3v) is 2.84. The number of aromatic nitrogens is 1. The zero-order valence-corrected chi connectivity index (χ0v) is 10.6. The fraction of sp³-hybridized carbons (Fsp3) is 0.357. The first-order chi connectivity index (χ1) is 8.11. The maximum absolute atomic E-state index is 5.54. The molecule has 3 heteroatoms. The highest BCUT2D eigenvalue weighted by Crippen LogP contribution is 2.27. The van der Waals surface area contributed by atoms with E-state index in [9.17, 15) is 0 Å². The summed E-state index contributed by atoms with van der Waals surface area (Å²) in [6.07, 6.45) is 2.45. The molecule has 1 aromatic carbocycles. The van der Waals surface area contributed by atoms with E-state index in [4.69, 9.17) is 10.2 Å². The van der Waals surface area contributed by atoms with Gasteiger partial charge in [-0.25, -0.2) is 4.98 Å². The van der Waals surface area contributed by atoms with Crippen LogP contribution in [0.25, 0.3) is 11.5 Å². The lowest BCUT2D eigenvalue weighted by Gasteiger charge is -2.07. The standard InChI is InChI=1S/C14H18N2O/c1-9-6-10(2)13(11(3)7-9)14-16-12(4-5-15)8-17-14/h6-8H,4-5,15H2,1-3H3. The number of nitrogens with zero attached hydrogens (tertiary/aromatic N) is 1. The average Bonchev–Trinajstić information content (AvgIpc) is 2.65. The molecule has 0 unspecified atom stereocenters. The molecule has 0 atom stereocenters. The van der Waals surface area contributed by atoms with E-state index < -0.39 is 0 Å². The molecule has 0 aliphatic heterocycles. The minimum Gasteiger partial charge on any atom is -0.444 e. The van der Waals surface area contributed by atoms with Crippen LogP contribution in [0, 0.1) is 20.8 Å². The molecular formula is C14H18N2O. The largest absolute Gasteiger partial charge is 0.444 e. The Hall–Kier alpha value is -1.61. The lowest BCUT2D eigenvalue weighted by atomic mass is 10.00. The second-order valence-corrected chi connectivity index (χ2v) is 4.46. The fourth-order valence-corrected chi connectivity index (χ4v) is 2.20. The van der Waals surface area contributed by atoms with E-state index in [-0.39, 0.29) is 0 Å². The van der Waals surface area contributed by atoms with Crippen molar-refractivity contribution in [1.29, 1.82) is 0 Å². The minimum absolute atomic E-state index is 0.595. The van der Waals surface area contributed by atoms with Gasteiger partial charge in [0.15, 0.2) is 0 Å². The van der Waals surface area contributed by atoms with Gasteiger partial charge in [0, 0.05) is 12.0 Å². The Labute approximate surface area is 102 Å². The van der Waals surface area contributed by atoms with Crippen LogP contribution in [-0.2, 0) is 6.42 Å². The predicted molar refractivity (Wildman–Crippen MR) is 68.9 cm³/mol. The van der Waals surface area contributed by atoms with Gasteiger partial charge in [-0.1, -0.05) is 17.7 Å². The normalized spacial score (nSPS) is 10.8. The summed E-state index contributed by atoms with van der Waals surface area (Å²) >= 11 is 0. The molecule has 0 aliphatic rings. The zero-order valence-electron chi connectivity index (χ0n) is 10.6. The van der Waals surface area contributed by atoms with E-state index in [1.807, 2.05) is 0 Å². The number of nitrogens with two attached hydrogens (primary N) is 1. The first-order valence-electron chi connectivity index (χ1n) is 5.84. The molecule has 2 aromatic rings. The number of hydrogen-bond donors (Lipinski definition) is 1. The maximum atomic E-state index is 5.54. The van der Waals surface area contributed by atoms with Gasteiger partial charge in [0.1, 0.15) is 6.26 Å². The number of rotatable bonds is 3. The summed E-state index contributed by atoms with van der Waals surface area (Å²) < 4.78 is 5.54. The second kappa shape index (κ2) is 4.72. The van der Waals surface area contributed by atoms with Crippen molar-refractivity contribution in [2.75, 3.05) is 6.54 Å². The second-order valence-electron chi connectivity index (χ2n) is 4.46. The van der Waals surface area contributed by atoms with E-state index >= 15 is 0 Å². The van der Waals surface area contributed by atoms with Gasteiger partial charge < -0.3 is 10.2 Å². The molecule has 0 saturated heterocycles. The van der Waals surface area contributed by atoms with Crippen molar-refractivity contribution >= 4 is 0 Å². The van der Waals surface area contributed by atoms with Crippen molar-refractivity contribution in [1.82, 2.24) is 4.98 Å². The van der Waals surface area contributed by atoms with Gasteiger partial charge in [-0.2, -0.15) is 0 Å². The van der Waals surface area contributed by atoms with Crippen LogP contribution in [-0.4, -0.2) is 11.5 Å². The summed E-state index contributed by atoms with van der Waals surface area (Å²) in [5.41, 5.74) is 11.2. The highest BCUT2D eigenvalue weighted by Gasteiger charge is 2.12. The van der Waals surface area contributed by atoms with E-state index in [1.165, 1.54) is 16.7 Å². The predicted octanol–water partition coefficient (Wildman–Crippen LogP) is 2.77. The van der Waals surface area contributed by atoms with Crippen LogP contribution in [0.1, 0.15) is 22.4 Å². The Bertz CT molecular complexity index is 506. The van der Waals surface area contributed by atoms with Crippen LogP contribution < -0.4 is 5.73 Å². The first kappa shape index (κ1) is 11.9. The molecule has 0 radical (unpaired) electrons. The van der Waals surface area contributed by atoms with Gasteiger partial charge in [0.05, 0.1) is 5.69 Å². The minimum atomic E-state index is 0.595. The van der Waals surface area contributed by atoms with Crippen molar-refractivity contribution in [3.63, 3.8) is 0 Å². The van der Waals surface area contributed by atoms with Gasteiger partial charge >= 0.3 is 0 Å². The monoisotopic (exact) mass is 230 g/mol. The van der Waals surface area contributed by atoms with Crippen molar-refractivity contribution in [3.05, 3.63) is 40.8 Å². The maximum Gasteiger partial charge on any atom is 0.226 e. The van der Waals surface area contributed by atoms with Gasteiger partial charge in [0.2, 0.25) is 5.89 Å². The number of aryl methyl sites for hydroxylation is 3. The van der Waals surface area contributed by atoms with Gasteiger partial charge in [0.25, 0.3) is 0 Å². The lowest BCUT2D eigenvalue weighted by molar-refractivity contribution is 0.571. The number of oxazole rings is 1. The molecule has 1 heterocycles. The molecule has 0 aliphatic carbocycles. The van der Waals surface area contributed by atoms with E-state index in [0.717, 1.165) is 17.7 Å². The van der Waals surface area contributed by atoms with Gasteiger partial charge in [-0.15, -0.1) is 0 Å². The Morgan fingerprint density at radius 3 is 2.41 bits per heavy atom. The number of hydrogen-bond acceptors (Lipinski definition) is 3. The van der Waals surface area contributed by atoms with Crippen molar-refractivity contribution in [3.8, 4) is 11.5 Å². The quantitative estimate of drug-likeness (QED) is 0.882. The van der Waals surface area contributed by atoms with Crippen LogP contribution in [0.15, 0.2) is 22.8 Å². The third kappa shape index (κ3) is 2.39. The van der Waals surface area contributed by atoms with Crippen LogP contribution in [0.4, 0.5) is 0 Å². The molecule has 0 amide bonds. The van der Waals surface area contributed by atoms with Crippen molar-refractivity contribution in [2.24, 2.45) is 5.73 Å². The lowest BCUT2D eigenvalue weighted by Crippen LogP contribution is -2.02. The summed E-state index contributed by atoms with van der Waals surface area (Å²) in [4.78, 5) is 4.47. The zero-order chi connectivity index (χ0) is 12.4. The smallest absolute Gasteiger partial charge is 0.226 e. The molecule has 2 N–H and O–H groups in total. The van der Waals surface area contributed by atoms with Crippen molar-refractivity contribution in [2.45, 2.75) is 27.2 Å². The van der Waals surface area contributed by atoms with Crippen LogP contribution in [0.3, 0.4) is 0 Å².